The van der Waals surface area contributed by atoms with E-state index in [1.165, 1.54) is 25.7 Å². The molecule has 0 radical (unpaired) electrons. The summed E-state index contributed by atoms with van der Waals surface area (Å²) in [6.45, 7) is 0. The molecule has 3 nitrogen and oxygen atoms in total. The van der Waals surface area contributed by atoms with Crippen molar-refractivity contribution < 1.29 is 4.92 Å². The van der Waals surface area contributed by atoms with Gasteiger partial charge in [0.05, 0.1) is 4.92 Å². The van der Waals surface area contributed by atoms with E-state index in [0.717, 1.165) is 24.3 Å². The van der Waals surface area contributed by atoms with Crippen LogP contribution in [0.25, 0.3) is 0 Å². The van der Waals surface area contributed by atoms with Gasteiger partial charge < -0.3 is 0 Å². The molecule has 2 rings (SSSR count). The summed E-state index contributed by atoms with van der Waals surface area (Å²) in [6.07, 6.45) is 7.17. The second-order valence-electron chi connectivity index (χ2n) is 5.11. The lowest BCUT2D eigenvalue weighted by atomic mass is 9.98. The van der Waals surface area contributed by atoms with Crippen LogP contribution in [-0.4, -0.2) is 10.3 Å². The summed E-state index contributed by atoms with van der Waals surface area (Å²) in [5.41, 5.74) is 1.22. The van der Waals surface area contributed by atoms with Crippen LogP contribution in [-0.2, 0) is 6.42 Å². The minimum absolute atomic E-state index is 0.140. The van der Waals surface area contributed by atoms with Gasteiger partial charge in [-0.2, -0.15) is 0 Å². The minimum Gasteiger partial charge on any atom is -0.258 e. The van der Waals surface area contributed by atoms with Gasteiger partial charge in [-0.3, -0.25) is 10.1 Å². The zero-order valence-electron chi connectivity index (χ0n) is 10.3. The molecule has 0 aromatic heterocycles. The average molecular weight is 268 g/mol. The molecule has 0 N–H and O–H groups in total. The predicted octanol–water partition coefficient (Wildman–Crippen LogP) is 4.33. The van der Waals surface area contributed by atoms with Crippen molar-refractivity contribution in [2.45, 2.75) is 43.9 Å². The summed E-state index contributed by atoms with van der Waals surface area (Å²) in [4.78, 5) is 10.2. The average Bonchev–Trinajstić information content (AvgIpc) is 2.82. The maximum absolute atomic E-state index is 10.5. The molecule has 0 saturated heterocycles. The van der Waals surface area contributed by atoms with Crippen molar-refractivity contribution in [1.29, 1.82) is 0 Å². The van der Waals surface area contributed by atoms with Crippen LogP contribution in [0.4, 0.5) is 5.69 Å². The van der Waals surface area contributed by atoms with Gasteiger partial charge in [-0.15, -0.1) is 11.6 Å². The molecule has 0 spiro atoms. The van der Waals surface area contributed by atoms with E-state index in [4.69, 9.17) is 11.6 Å². The van der Waals surface area contributed by atoms with E-state index in [0.29, 0.717) is 0 Å². The van der Waals surface area contributed by atoms with Gasteiger partial charge in [-0.05, 0) is 24.3 Å². The van der Waals surface area contributed by atoms with Gasteiger partial charge in [0.15, 0.2) is 0 Å². The van der Waals surface area contributed by atoms with E-state index in [-0.39, 0.29) is 16.0 Å². The monoisotopic (exact) mass is 267 g/mol. The SMILES string of the molecule is O=[N+]([O-])c1ccc(CC(Cl)CC2CCCC2)cc1. The maximum atomic E-state index is 10.5. The molecule has 1 unspecified atom stereocenters. The number of benzene rings is 1. The topological polar surface area (TPSA) is 43.1 Å². The highest BCUT2D eigenvalue weighted by Crippen LogP contribution is 2.30. The van der Waals surface area contributed by atoms with Crippen molar-refractivity contribution in [1.82, 2.24) is 0 Å². The number of nitrogens with zero attached hydrogens (tertiary/aromatic N) is 1. The molecule has 18 heavy (non-hydrogen) atoms. The summed E-state index contributed by atoms with van der Waals surface area (Å²) in [5, 5.41) is 10.7. The molecule has 1 aliphatic rings. The Hall–Kier alpha value is -1.09. The number of nitro benzene ring substituents is 1. The third kappa shape index (κ3) is 3.70. The molecule has 0 bridgehead atoms. The predicted molar refractivity (Wildman–Crippen MR) is 73.0 cm³/mol. The van der Waals surface area contributed by atoms with Crippen LogP contribution in [0.3, 0.4) is 0 Å². The van der Waals surface area contributed by atoms with Gasteiger partial charge in [0.1, 0.15) is 0 Å². The smallest absolute Gasteiger partial charge is 0.258 e. The Labute approximate surface area is 112 Å². The fraction of sp³-hybridized carbons (Fsp3) is 0.571. The van der Waals surface area contributed by atoms with Gasteiger partial charge in [0.25, 0.3) is 5.69 Å². The molecular formula is C14H18ClNO2. The Morgan fingerprint density at radius 3 is 2.44 bits per heavy atom. The largest absolute Gasteiger partial charge is 0.269 e. The number of rotatable bonds is 5. The number of hydrogen-bond acceptors (Lipinski definition) is 2. The van der Waals surface area contributed by atoms with Crippen LogP contribution >= 0.6 is 11.6 Å². The van der Waals surface area contributed by atoms with Crippen LogP contribution < -0.4 is 0 Å². The summed E-state index contributed by atoms with van der Waals surface area (Å²) >= 11 is 6.36. The van der Waals surface area contributed by atoms with E-state index < -0.39 is 0 Å². The summed E-state index contributed by atoms with van der Waals surface area (Å²) < 4.78 is 0. The Kier molecular flexibility index (Phi) is 4.59. The third-order valence-electron chi connectivity index (χ3n) is 3.67. The van der Waals surface area contributed by atoms with Crippen LogP contribution in [0.1, 0.15) is 37.7 Å². The first-order chi connectivity index (χ1) is 8.65. The summed E-state index contributed by atoms with van der Waals surface area (Å²) in [6, 6.07) is 6.72. The van der Waals surface area contributed by atoms with Crippen LogP contribution in [0.5, 0.6) is 0 Å². The van der Waals surface area contributed by atoms with Gasteiger partial charge in [0.2, 0.25) is 0 Å². The number of non-ortho nitro benzene ring substituents is 1. The highest BCUT2D eigenvalue weighted by molar-refractivity contribution is 6.20. The molecule has 1 aliphatic carbocycles. The normalized spacial score (nSPS) is 17.8. The number of alkyl halides is 1. The molecular weight excluding hydrogens is 250 g/mol. The Bertz CT molecular complexity index is 399. The first-order valence-electron chi connectivity index (χ1n) is 6.52. The molecule has 4 heteroatoms. The Morgan fingerprint density at radius 2 is 1.89 bits per heavy atom. The molecule has 1 aromatic carbocycles. The summed E-state index contributed by atoms with van der Waals surface area (Å²) in [5.74, 6) is 0.783. The molecule has 1 atom stereocenters. The van der Waals surface area contributed by atoms with E-state index in [1.54, 1.807) is 12.1 Å². The molecule has 1 saturated carbocycles. The first-order valence-corrected chi connectivity index (χ1v) is 6.96. The number of halogens is 1. The molecule has 1 aromatic rings. The first kappa shape index (κ1) is 13.3. The molecule has 0 amide bonds. The summed E-state index contributed by atoms with van der Waals surface area (Å²) in [7, 11) is 0. The maximum Gasteiger partial charge on any atom is 0.269 e. The quantitative estimate of drug-likeness (QED) is 0.453. The lowest BCUT2D eigenvalue weighted by Crippen LogP contribution is -2.09. The van der Waals surface area contributed by atoms with E-state index in [2.05, 4.69) is 0 Å². The molecule has 0 aliphatic heterocycles. The van der Waals surface area contributed by atoms with E-state index in [9.17, 15) is 10.1 Å². The number of hydrogen-bond donors (Lipinski definition) is 0. The van der Waals surface area contributed by atoms with Crippen molar-refractivity contribution in [3.63, 3.8) is 0 Å². The highest BCUT2D eigenvalue weighted by Gasteiger charge is 2.19. The standard InChI is InChI=1S/C14H18ClNO2/c15-13(9-11-3-1-2-4-11)10-12-5-7-14(8-6-12)16(17)18/h5-8,11,13H,1-4,9-10H2. The Morgan fingerprint density at radius 1 is 1.28 bits per heavy atom. The molecule has 1 fully saturated rings. The van der Waals surface area contributed by atoms with Gasteiger partial charge in [-0.1, -0.05) is 37.8 Å². The van der Waals surface area contributed by atoms with Gasteiger partial charge in [0, 0.05) is 17.5 Å². The van der Waals surface area contributed by atoms with E-state index in [1.807, 2.05) is 12.1 Å². The van der Waals surface area contributed by atoms with Crippen LogP contribution in [0, 0.1) is 16.0 Å². The highest BCUT2D eigenvalue weighted by atomic mass is 35.5. The molecule has 0 heterocycles. The number of nitro groups is 1. The van der Waals surface area contributed by atoms with Crippen molar-refractivity contribution >= 4 is 17.3 Å². The minimum atomic E-state index is -0.375. The molecule has 98 valence electrons. The van der Waals surface area contributed by atoms with Crippen molar-refractivity contribution in [3.05, 3.63) is 39.9 Å². The zero-order chi connectivity index (χ0) is 13.0. The van der Waals surface area contributed by atoms with Crippen molar-refractivity contribution in [2.24, 2.45) is 5.92 Å². The van der Waals surface area contributed by atoms with Gasteiger partial charge >= 0.3 is 0 Å². The second kappa shape index (κ2) is 6.19. The fourth-order valence-electron chi connectivity index (χ4n) is 2.70. The lowest BCUT2D eigenvalue weighted by Gasteiger charge is -2.14. The lowest BCUT2D eigenvalue weighted by molar-refractivity contribution is -0.384. The van der Waals surface area contributed by atoms with Crippen molar-refractivity contribution in [2.75, 3.05) is 0 Å². The second-order valence-corrected chi connectivity index (χ2v) is 5.73. The Balaban J connectivity index is 1.86. The van der Waals surface area contributed by atoms with Crippen LogP contribution in [0.15, 0.2) is 24.3 Å². The fourth-order valence-corrected chi connectivity index (χ4v) is 3.13. The van der Waals surface area contributed by atoms with Crippen LogP contribution in [0.2, 0.25) is 0 Å². The zero-order valence-corrected chi connectivity index (χ0v) is 11.1. The van der Waals surface area contributed by atoms with E-state index >= 15 is 0 Å². The van der Waals surface area contributed by atoms with Gasteiger partial charge in [-0.25, -0.2) is 0 Å². The van der Waals surface area contributed by atoms with Crippen molar-refractivity contribution in [3.8, 4) is 0 Å². The third-order valence-corrected chi connectivity index (χ3v) is 4.00.